The van der Waals surface area contributed by atoms with Gasteiger partial charge < -0.3 is 9.80 Å². The van der Waals surface area contributed by atoms with Crippen LogP contribution >= 0.6 is 0 Å². The Kier molecular flexibility index (Phi) is 4.26. The van der Waals surface area contributed by atoms with Crippen LogP contribution < -0.4 is 0 Å². The molecule has 116 valence electrons. The van der Waals surface area contributed by atoms with Crippen molar-refractivity contribution >= 4 is 5.91 Å². The van der Waals surface area contributed by atoms with Crippen molar-refractivity contribution < 1.29 is 4.79 Å². The maximum Gasteiger partial charge on any atom is 0.274 e. The zero-order valence-electron chi connectivity index (χ0n) is 13.0. The van der Waals surface area contributed by atoms with E-state index in [0.717, 1.165) is 38.4 Å². The third kappa shape index (κ3) is 3.27. The van der Waals surface area contributed by atoms with Crippen LogP contribution in [0.2, 0.25) is 0 Å². The number of hydrogen-bond donors (Lipinski definition) is 1. The van der Waals surface area contributed by atoms with Gasteiger partial charge in [-0.2, -0.15) is 5.10 Å². The summed E-state index contributed by atoms with van der Waals surface area (Å²) in [5.41, 5.74) is 1.47. The number of carbonyl (C=O) groups is 1. The minimum absolute atomic E-state index is 0.0553. The van der Waals surface area contributed by atoms with Crippen LogP contribution in [0.15, 0.2) is 6.07 Å². The van der Waals surface area contributed by atoms with Gasteiger partial charge in [-0.3, -0.25) is 14.8 Å². The van der Waals surface area contributed by atoms with E-state index < -0.39 is 0 Å². The predicted octanol–water partition coefficient (Wildman–Crippen LogP) is 0.570. The highest BCUT2D eigenvalue weighted by atomic mass is 16.2. The molecule has 2 saturated heterocycles. The van der Waals surface area contributed by atoms with E-state index in [1.165, 1.54) is 19.4 Å². The number of piperazine rings is 1. The molecule has 1 aromatic rings. The molecule has 1 N–H and O–H groups in total. The van der Waals surface area contributed by atoms with Crippen LogP contribution in [0.3, 0.4) is 0 Å². The first-order valence-electron chi connectivity index (χ1n) is 7.87. The number of aromatic amines is 1. The van der Waals surface area contributed by atoms with Crippen LogP contribution in [0.1, 0.15) is 29.0 Å². The van der Waals surface area contributed by atoms with E-state index in [2.05, 4.69) is 27.0 Å². The number of piperidine rings is 1. The number of H-pyrrole nitrogens is 1. The second kappa shape index (κ2) is 6.15. The molecule has 0 radical (unpaired) electrons. The molecule has 21 heavy (non-hydrogen) atoms. The molecule has 1 amide bonds. The van der Waals surface area contributed by atoms with E-state index in [-0.39, 0.29) is 5.91 Å². The van der Waals surface area contributed by atoms with Crippen LogP contribution in [0.25, 0.3) is 0 Å². The molecule has 0 saturated carbocycles. The van der Waals surface area contributed by atoms with Gasteiger partial charge in [0.25, 0.3) is 5.91 Å². The third-order valence-corrected chi connectivity index (χ3v) is 4.64. The number of nitrogens with zero attached hydrogens (tertiary/aromatic N) is 4. The normalized spacial score (nSPS) is 25.2. The number of nitrogens with one attached hydrogen (secondary N) is 1. The Morgan fingerprint density at radius 2 is 2.05 bits per heavy atom. The van der Waals surface area contributed by atoms with E-state index in [4.69, 9.17) is 0 Å². The average Bonchev–Trinajstić information content (AvgIpc) is 2.93. The molecule has 1 aromatic heterocycles. The minimum Gasteiger partial charge on any atom is -0.335 e. The van der Waals surface area contributed by atoms with E-state index in [1.54, 1.807) is 0 Å². The summed E-state index contributed by atoms with van der Waals surface area (Å²) >= 11 is 0. The first kappa shape index (κ1) is 14.5. The largest absolute Gasteiger partial charge is 0.335 e. The Bertz CT molecular complexity index is 492. The highest BCUT2D eigenvalue weighted by Crippen LogP contribution is 2.17. The van der Waals surface area contributed by atoms with Crippen molar-refractivity contribution in [2.75, 3.05) is 46.3 Å². The molecular formula is C15H25N5O. The molecule has 6 nitrogen and oxygen atoms in total. The molecule has 0 aliphatic carbocycles. The lowest BCUT2D eigenvalue weighted by Gasteiger charge is -2.42. The van der Waals surface area contributed by atoms with Crippen LogP contribution in [0.4, 0.5) is 0 Å². The van der Waals surface area contributed by atoms with Crippen LogP contribution in [0, 0.1) is 6.92 Å². The summed E-state index contributed by atoms with van der Waals surface area (Å²) in [5, 5.41) is 6.91. The molecule has 1 unspecified atom stereocenters. The van der Waals surface area contributed by atoms with Gasteiger partial charge in [-0.15, -0.1) is 0 Å². The summed E-state index contributed by atoms with van der Waals surface area (Å²) in [6, 6.07) is 2.48. The molecule has 0 aromatic carbocycles. The Labute approximate surface area is 126 Å². The average molecular weight is 291 g/mol. The smallest absolute Gasteiger partial charge is 0.274 e. The van der Waals surface area contributed by atoms with Gasteiger partial charge in [-0.1, -0.05) is 0 Å². The molecule has 3 heterocycles. The monoisotopic (exact) mass is 291 g/mol. The fraction of sp³-hybridized carbons (Fsp3) is 0.733. The Morgan fingerprint density at radius 3 is 2.67 bits per heavy atom. The lowest BCUT2D eigenvalue weighted by Crippen LogP contribution is -2.55. The topological polar surface area (TPSA) is 55.5 Å². The number of hydrogen-bond acceptors (Lipinski definition) is 4. The molecule has 2 fully saturated rings. The molecule has 6 heteroatoms. The zero-order valence-corrected chi connectivity index (χ0v) is 13.0. The van der Waals surface area contributed by atoms with Gasteiger partial charge in [-0.25, -0.2) is 0 Å². The maximum absolute atomic E-state index is 12.4. The highest BCUT2D eigenvalue weighted by molar-refractivity contribution is 5.92. The van der Waals surface area contributed by atoms with Gasteiger partial charge in [0.2, 0.25) is 0 Å². The minimum atomic E-state index is 0.0553. The van der Waals surface area contributed by atoms with Crippen molar-refractivity contribution in [2.24, 2.45) is 0 Å². The maximum atomic E-state index is 12.4. The first-order chi connectivity index (χ1) is 10.1. The van der Waals surface area contributed by atoms with Crippen molar-refractivity contribution in [3.05, 3.63) is 17.5 Å². The lowest BCUT2D eigenvalue weighted by atomic mass is 10.0. The first-order valence-corrected chi connectivity index (χ1v) is 7.87. The van der Waals surface area contributed by atoms with E-state index in [9.17, 15) is 4.79 Å². The van der Waals surface area contributed by atoms with Crippen LogP contribution in [0.5, 0.6) is 0 Å². The number of aryl methyl sites for hydroxylation is 1. The molecular weight excluding hydrogens is 266 g/mol. The summed E-state index contributed by atoms with van der Waals surface area (Å²) in [4.78, 5) is 19.3. The molecule has 2 aliphatic heterocycles. The molecule has 3 rings (SSSR count). The van der Waals surface area contributed by atoms with Crippen molar-refractivity contribution in [2.45, 2.75) is 25.8 Å². The second-order valence-electron chi connectivity index (χ2n) is 6.32. The van der Waals surface area contributed by atoms with E-state index in [0.29, 0.717) is 11.7 Å². The van der Waals surface area contributed by atoms with Crippen molar-refractivity contribution in [1.82, 2.24) is 24.9 Å². The predicted molar refractivity (Wildman–Crippen MR) is 81.3 cm³/mol. The number of likely N-dealkylation sites (tertiary alicyclic amines) is 1. The quantitative estimate of drug-likeness (QED) is 0.865. The van der Waals surface area contributed by atoms with Gasteiger partial charge in [-0.05, 0) is 39.4 Å². The fourth-order valence-electron chi connectivity index (χ4n) is 3.42. The lowest BCUT2D eigenvalue weighted by molar-refractivity contribution is 0.0448. The summed E-state index contributed by atoms with van der Waals surface area (Å²) in [6.45, 7) is 7.87. The van der Waals surface area contributed by atoms with Crippen molar-refractivity contribution in [1.29, 1.82) is 0 Å². The van der Waals surface area contributed by atoms with E-state index in [1.807, 2.05) is 17.9 Å². The number of likely N-dealkylation sites (N-methyl/N-ethyl adjacent to an activating group) is 1. The molecule has 2 aliphatic rings. The summed E-state index contributed by atoms with van der Waals surface area (Å²) < 4.78 is 0. The highest BCUT2D eigenvalue weighted by Gasteiger charge is 2.29. The summed E-state index contributed by atoms with van der Waals surface area (Å²) in [5.74, 6) is 0.0553. The SMILES string of the molecule is Cc1cc(C(=O)N2CCN(C3CCCN(C)C3)CC2)n[nH]1. The van der Waals surface area contributed by atoms with Gasteiger partial charge in [0.05, 0.1) is 0 Å². The third-order valence-electron chi connectivity index (χ3n) is 4.64. The number of aromatic nitrogens is 2. The van der Waals surface area contributed by atoms with Crippen LogP contribution in [-0.4, -0.2) is 83.2 Å². The van der Waals surface area contributed by atoms with Gasteiger partial charge in [0.15, 0.2) is 0 Å². The second-order valence-corrected chi connectivity index (χ2v) is 6.32. The standard InChI is InChI=1S/C15H25N5O/c1-12-10-14(17-16-12)15(21)20-8-6-19(7-9-20)13-4-3-5-18(2)11-13/h10,13H,3-9,11H2,1-2H3,(H,16,17). The van der Waals surface area contributed by atoms with Crippen molar-refractivity contribution in [3.63, 3.8) is 0 Å². The van der Waals surface area contributed by atoms with Crippen LogP contribution in [-0.2, 0) is 0 Å². The molecule has 1 atom stereocenters. The van der Waals surface area contributed by atoms with Crippen molar-refractivity contribution in [3.8, 4) is 0 Å². The number of carbonyl (C=O) groups excluding carboxylic acids is 1. The molecule has 0 spiro atoms. The Morgan fingerprint density at radius 1 is 1.29 bits per heavy atom. The fourth-order valence-corrected chi connectivity index (χ4v) is 3.42. The molecule has 0 bridgehead atoms. The van der Waals surface area contributed by atoms with Gasteiger partial charge in [0.1, 0.15) is 5.69 Å². The summed E-state index contributed by atoms with van der Waals surface area (Å²) in [6.07, 6.45) is 2.57. The Balaban J connectivity index is 1.54. The number of amides is 1. The summed E-state index contributed by atoms with van der Waals surface area (Å²) in [7, 11) is 2.20. The number of rotatable bonds is 2. The van der Waals surface area contributed by atoms with Gasteiger partial charge in [0, 0.05) is 44.5 Å². The van der Waals surface area contributed by atoms with Gasteiger partial charge >= 0.3 is 0 Å². The zero-order chi connectivity index (χ0) is 14.8. The van der Waals surface area contributed by atoms with E-state index >= 15 is 0 Å². The Hall–Kier alpha value is -1.40.